The van der Waals surface area contributed by atoms with Gasteiger partial charge in [-0.25, -0.2) is 9.55 Å². The average Bonchev–Trinajstić information content (AvgIpc) is 3.61. The third-order valence-corrected chi connectivity index (χ3v) is 10.8. The quantitative estimate of drug-likeness (QED) is 0.116. The van der Waals surface area contributed by atoms with Crippen molar-refractivity contribution in [3.63, 3.8) is 0 Å². The van der Waals surface area contributed by atoms with Crippen molar-refractivity contribution in [3.05, 3.63) is 52.6 Å². The van der Waals surface area contributed by atoms with E-state index in [1.807, 2.05) is 12.3 Å². The van der Waals surface area contributed by atoms with E-state index in [1.165, 1.54) is 6.33 Å². The Morgan fingerprint density at radius 2 is 1.98 bits per heavy atom. The molecule has 3 aromatic rings. The topological polar surface area (TPSA) is 170 Å². The van der Waals surface area contributed by atoms with E-state index < -0.39 is 30.5 Å². The van der Waals surface area contributed by atoms with Crippen molar-refractivity contribution >= 4 is 36.9 Å². The van der Waals surface area contributed by atoms with Gasteiger partial charge in [-0.3, -0.25) is 23.7 Å². The lowest BCUT2D eigenvalue weighted by molar-refractivity contribution is -0.171. The highest BCUT2D eigenvalue weighted by atomic mass is 31.2. The number of nitrogen functional groups attached to an aromatic ring is 1. The molecule has 1 unspecified atom stereocenters. The minimum Gasteiger partial charge on any atom is -0.465 e. The first kappa shape index (κ1) is 35.8. The van der Waals surface area contributed by atoms with Crippen LogP contribution in [0.4, 0.5) is 5.95 Å². The minimum absolute atomic E-state index is 0.00468. The number of nitrogens with two attached hydrogens (primary N) is 1. The molecule has 48 heavy (non-hydrogen) atoms. The number of fused-ring (bicyclic) bond motifs is 1. The predicted molar refractivity (Wildman–Crippen MR) is 182 cm³/mol. The summed E-state index contributed by atoms with van der Waals surface area (Å²) in [6, 6.07) is 8.79. The van der Waals surface area contributed by atoms with E-state index in [-0.39, 0.29) is 37.1 Å². The molecule has 2 fully saturated rings. The highest BCUT2D eigenvalue weighted by molar-refractivity contribution is 7.54. The number of carbonyl (C=O) groups excluding carboxylic acids is 1. The number of carbonyl (C=O) groups is 1. The Balaban J connectivity index is 1.35. The van der Waals surface area contributed by atoms with Gasteiger partial charge in [0.15, 0.2) is 17.5 Å². The lowest BCUT2D eigenvalue weighted by atomic mass is 9.99. The molecule has 4 atom stereocenters. The van der Waals surface area contributed by atoms with Crippen molar-refractivity contribution in [2.24, 2.45) is 17.3 Å². The zero-order valence-corrected chi connectivity index (χ0v) is 29.0. The van der Waals surface area contributed by atoms with E-state index in [0.29, 0.717) is 36.9 Å². The number of hydrogen-bond donors (Lipinski definition) is 2. The van der Waals surface area contributed by atoms with Crippen LogP contribution in [0.1, 0.15) is 72.1 Å². The molecule has 262 valence electrons. The van der Waals surface area contributed by atoms with E-state index >= 15 is 0 Å². The fraction of sp³-hybridized carbons (Fsp3) is 0.588. The maximum atomic E-state index is 14.5. The molecular weight excluding hydrogens is 637 g/mol. The largest absolute Gasteiger partial charge is 0.465 e. The minimum atomic E-state index is -3.89. The molecule has 3 N–H and O–H groups in total. The summed E-state index contributed by atoms with van der Waals surface area (Å²) in [5.74, 6) is -0.508. The van der Waals surface area contributed by atoms with E-state index in [1.54, 1.807) is 35.8 Å². The van der Waals surface area contributed by atoms with Gasteiger partial charge < -0.3 is 24.5 Å². The van der Waals surface area contributed by atoms with Crippen LogP contribution in [-0.4, -0.2) is 64.4 Å². The predicted octanol–water partition coefficient (Wildman–Crippen LogP) is 6.16. The van der Waals surface area contributed by atoms with Crippen molar-refractivity contribution in [1.82, 2.24) is 19.5 Å². The Morgan fingerprint density at radius 1 is 1.21 bits per heavy atom. The van der Waals surface area contributed by atoms with Gasteiger partial charge in [0.25, 0.3) is 5.56 Å². The first-order valence-electron chi connectivity index (χ1n) is 16.9. The highest BCUT2D eigenvalue weighted by Crippen LogP contribution is 2.58. The van der Waals surface area contributed by atoms with Gasteiger partial charge in [-0.05, 0) is 62.1 Å². The van der Waals surface area contributed by atoms with Gasteiger partial charge in [0, 0.05) is 18.2 Å². The third-order valence-electron chi connectivity index (χ3n) is 8.79. The van der Waals surface area contributed by atoms with Crippen LogP contribution < -0.4 is 15.8 Å². The standard InChI is InChI=1S/C34H48N5O8P/c1-4-11-25(12-5-2)19-44-32(41)24(3)20-48(42,47-27-13-7-6-8-14-27)46-22-34(21-45-28-15-9-10-16-43-28)17-26(34)18-39-23-36-29-30(39)37-33(35)38-31(29)40/h6-8,13-14,18,23-25,28H,4-5,9-12,15-17,19-22H2,1-3H3,(H3,35,37,38,40)/b26-18-/t24-,28?,34+,48+/m1/s1. The van der Waals surface area contributed by atoms with Crippen LogP contribution in [0.5, 0.6) is 5.75 Å². The summed E-state index contributed by atoms with van der Waals surface area (Å²) in [5.41, 5.74) is 6.08. The molecule has 1 saturated heterocycles. The van der Waals surface area contributed by atoms with Gasteiger partial charge in [-0.15, -0.1) is 0 Å². The smallest absolute Gasteiger partial charge is 0.380 e. The molecule has 1 aliphatic carbocycles. The van der Waals surface area contributed by atoms with Crippen molar-refractivity contribution in [1.29, 1.82) is 0 Å². The second kappa shape index (κ2) is 16.3. The number of rotatable bonds is 18. The number of aromatic amines is 1. The first-order valence-corrected chi connectivity index (χ1v) is 18.7. The zero-order chi connectivity index (χ0) is 34.1. The third kappa shape index (κ3) is 9.34. The van der Waals surface area contributed by atoms with E-state index in [2.05, 4.69) is 28.8 Å². The maximum Gasteiger partial charge on any atom is 0.380 e. The molecule has 3 heterocycles. The van der Waals surface area contributed by atoms with Crippen molar-refractivity contribution < 1.29 is 32.6 Å². The Bertz CT molecular complexity index is 1650. The van der Waals surface area contributed by atoms with Crippen LogP contribution in [0, 0.1) is 17.3 Å². The number of para-hydroxylation sites is 1. The molecule has 0 spiro atoms. The van der Waals surface area contributed by atoms with Crippen LogP contribution in [0.2, 0.25) is 0 Å². The average molecular weight is 686 g/mol. The van der Waals surface area contributed by atoms with Gasteiger partial charge in [0.2, 0.25) is 5.95 Å². The summed E-state index contributed by atoms with van der Waals surface area (Å²) in [4.78, 5) is 36.4. The zero-order valence-electron chi connectivity index (χ0n) is 28.1. The number of hydrogen-bond acceptors (Lipinski definition) is 11. The van der Waals surface area contributed by atoms with Gasteiger partial charge in [0.1, 0.15) is 12.1 Å². The van der Waals surface area contributed by atoms with E-state index in [4.69, 9.17) is 29.0 Å². The van der Waals surface area contributed by atoms with Crippen molar-refractivity contribution in [2.75, 3.05) is 38.3 Å². The molecule has 0 radical (unpaired) electrons. The van der Waals surface area contributed by atoms with Crippen LogP contribution >= 0.6 is 7.60 Å². The van der Waals surface area contributed by atoms with E-state index in [0.717, 1.165) is 50.5 Å². The maximum absolute atomic E-state index is 14.5. The van der Waals surface area contributed by atoms with Gasteiger partial charge in [-0.2, -0.15) is 4.98 Å². The summed E-state index contributed by atoms with van der Waals surface area (Å²) in [6.45, 7) is 7.13. The van der Waals surface area contributed by atoms with Crippen LogP contribution in [-0.2, 0) is 28.1 Å². The monoisotopic (exact) mass is 685 g/mol. The SMILES string of the molecule is CCCC(CCC)COC(=O)[C@H](C)C[P@](=O)(OC[C@@]1(COC2CCCCO2)C/C1=C/n1cnc2c(=O)[nH]c(N)nc21)Oc1ccccc1. The Labute approximate surface area is 281 Å². The van der Waals surface area contributed by atoms with Gasteiger partial charge in [0.05, 0.1) is 31.9 Å². The molecule has 0 bridgehead atoms. The van der Waals surface area contributed by atoms with Crippen LogP contribution in [0.15, 0.2) is 47.0 Å². The molecular formula is C34H48N5O8P. The molecule has 0 amide bonds. The number of nitrogens with zero attached hydrogens (tertiary/aromatic N) is 3. The van der Waals surface area contributed by atoms with Crippen molar-refractivity contribution in [2.45, 2.75) is 78.4 Å². The Morgan fingerprint density at radius 3 is 2.69 bits per heavy atom. The molecule has 1 aromatic carbocycles. The summed E-state index contributed by atoms with van der Waals surface area (Å²) < 4.78 is 46.1. The number of esters is 1. The number of nitrogens with one attached hydrogen (secondary N) is 1. The number of H-pyrrole nitrogens is 1. The summed E-state index contributed by atoms with van der Waals surface area (Å²) in [7, 11) is -3.89. The first-order chi connectivity index (χ1) is 23.1. The van der Waals surface area contributed by atoms with Crippen LogP contribution in [0.3, 0.4) is 0 Å². The number of ether oxygens (including phenoxy) is 3. The molecule has 1 saturated carbocycles. The summed E-state index contributed by atoms with van der Waals surface area (Å²) >= 11 is 0. The molecule has 2 aliphatic rings. The summed E-state index contributed by atoms with van der Waals surface area (Å²) in [6.07, 6.45) is 10.1. The molecule has 1 aliphatic heterocycles. The lowest BCUT2D eigenvalue weighted by Crippen LogP contribution is -2.28. The molecule has 14 heteroatoms. The van der Waals surface area contributed by atoms with Gasteiger partial charge >= 0.3 is 13.6 Å². The molecule has 2 aromatic heterocycles. The van der Waals surface area contributed by atoms with E-state index in [9.17, 15) is 14.2 Å². The van der Waals surface area contributed by atoms with Gasteiger partial charge in [-0.1, -0.05) is 51.8 Å². The number of imidazole rings is 1. The Kier molecular flexibility index (Phi) is 12.1. The van der Waals surface area contributed by atoms with Crippen molar-refractivity contribution in [3.8, 4) is 5.75 Å². The number of anilines is 1. The van der Waals surface area contributed by atoms with Crippen LogP contribution in [0.25, 0.3) is 17.4 Å². The molecule has 13 nitrogen and oxygen atoms in total. The number of aromatic nitrogens is 4. The second-order valence-electron chi connectivity index (χ2n) is 12.9. The molecule has 5 rings (SSSR count). The fourth-order valence-corrected chi connectivity index (χ4v) is 7.93. The fourth-order valence-electron chi connectivity index (χ4n) is 5.99. The Hall–Kier alpha value is -3.51. The number of benzene rings is 1. The summed E-state index contributed by atoms with van der Waals surface area (Å²) in [5, 5.41) is 0. The highest BCUT2D eigenvalue weighted by Gasteiger charge is 2.52. The second-order valence-corrected chi connectivity index (χ2v) is 15.0. The lowest BCUT2D eigenvalue weighted by Gasteiger charge is -2.27. The normalized spacial score (nSPS) is 22.1.